The molecule has 2 atom stereocenters. The topological polar surface area (TPSA) is 54.9 Å². The van der Waals surface area contributed by atoms with Crippen molar-refractivity contribution < 1.29 is 9.59 Å². The van der Waals surface area contributed by atoms with Gasteiger partial charge in [-0.3, -0.25) is 9.59 Å². The van der Waals surface area contributed by atoms with Gasteiger partial charge in [0.25, 0.3) is 0 Å². The van der Waals surface area contributed by atoms with Crippen LogP contribution < -0.4 is 0 Å². The number of aryl methyl sites for hydroxylation is 2. The summed E-state index contributed by atoms with van der Waals surface area (Å²) in [5.74, 6) is -0.730. The van der Waals surface area contributed by atoms with Gasteiger partial charge >= 0.3 is 0 Å². The summed E-state index contributed by atoms with van der Waals surface area (Å²) in [6, 6.07) is 14.4. The quantitative estimate of drug-likeness (QED) is 0.531. The molecule has 3 heterocycles. The van der Waals surface area contributed by atoms with Crippen molar-refractivity contribution in [3.8, 4) is 0 Å². The molecule has 6 rings (SSSR count). The molecular formula is C24H20N2O2. The molecule has 0 saturated heterocycles. The molecule has 2 aromatic carbocycles. The SMILES string of the molecule is O=C1CC(=O)C(c2cn3c4c(cccc24)CCC3)C1c1c[nH]c2ccccc12. The molecule has 0 amide bonds. The number of para-hydroxylation sites is 2. The second kappa shape index (κ2) is 5.68. The van der Waals surface area contributed by atoms with E-state index in [9.17, 15) is 9.59 Å². The molecule has 4 heteroatoms. The first kappa shape index (κ1) is 15.9. The number of carbonyl (C=O) groups excluding carboxylic acids is 2. The van der Waals surface area contributed by atoms with E-state index in [1.54, 1.807) is 0 Å². The Labute approximate surface area is 162 Å². The molecule has 28 heavy (non-hydrogen) atoms. The Morgan fingerprint density at radius 1 is 0.893 bits per heavy atom. The number of fused-ring (bicyclic) bond motifs is 1. The Morgan fingerprint density at radius 2 is 1.68 bits per heavy atom. The minimum absolute atomic E-state index is 0.0290. The maximum atomic E-state index is 13.0. The molecule has 138 valence electrons. The fraction of sp³-hybridized carbons (Fsp3) is 0.250. The molecule has 2 aromatic heterocycles. The van der Waals surface area contributed by atoms with Gasteiger partial charge in [0.1, 0.15) is 11.6 Å². The summed E-state index contributed by atoms with van der Waals surface area (Å²) in [4.78, 5) is 29.3. The van der Waals surface area contributed by atoms with Crippen molar-refractivity contribution in [3.05, 3.63) is 71.5 Å². The zero-order valence-corrected chi connectivity index (χ0v) is 15.4. The van der Waals surface area contributed by atoms with Crippen molar-refractivity contribution in [1.82, 2.24) is 9.55 Å². The molecule has 1 N–H and O–H groups in total. The lowest BCUT2D eigenvalue weighted by Crippen LogP contribution is -2.14. The molecule has 1 aliphatic carbocycles. The monoisotopic (exact) mass is 368 g/mol. The van der Waals surface area contributed by atoms with Crippen LogP contribution in [-0.4, -0.2) is 21.1 Å². The van der Waals surface area contributed by atoms with Crippen LogP contribution in [0.25, 0.3) is 21.8 Å². The van der Waals surface area contributed by atoms with Gasteiger partial charge < -0.3 is 9.55 Å². The maximum absolute atomic E-state index is 13.0. The molecule has 1 aliphatic heterocycles. The van der Waals surface area contributed by atoms with Gasteiger partial charge in [-0.2, -0.15) is 0 Å². The summed E-state index contributed by atoms with van der Waals surface area (Å²) >= 11 is 0. The average Bonchev–Trinajstić information content (AvgIpc) is 3.37. The van der Waals surface area contributed by atoms with Crippen molar-refractivity contribution in [2.24, 2.45) is 0 Å². The van der Waals surface area contributed by atoms with Gasteiger partial charge in [0.2, 0.25) is 0 Å². The summed E-state index contributed by atoms with van der Waals surface area (Å²) in [5, 5.41) is 2.17. The highest BCUT2D eigenvalue weighted by molar-refractivity contribution is 6.15. The second-order valence-electron chi connectivity index (χ2n) is 8.05. The molecule has 1 fully saturated rings. The second-order valence-corrected chi connectivity index (χ2v) is 8.05. The minimum Gasteiger partial charge on any atom is -0.361 e. The molecule has 0 spiro atoms. The largest absolute Gasteiger partial charge is 0.361 e. The number of H-pyrrole nitrogens is 1. The Bertz CT molecular complexity index is 1280. The molecule has 0 bridgehead atoms. The van der Waals surface area contributed by atoms with E-state index in [0.29, 0.717) is 0 Å². The summed E-state index contributed by atoms with van der Waals surface area (Å²) in [6.45, 7) is 0.972. The molecule has 4 aromatic rings. The molecule has 4 nitrogen and oxygen atoms in total. The van der Waals surface area contributed by atoms with Crippen LogP contribution in [0.5, 0.6) is 0 Å². The summed E-state index contributed by atoms with van der Waals surface area (Å²) < 4.78 is 2.28. The third kappa shape index (κ3) is 2.06. The normalized spacial score (nSPS) is 21.9. The van der Waals surface area contributed by atoms with Crippen molar-refractivity contribution >= 4 is 33.4 Å². The van der Waals surface area contributed by atoms with E-state index in [0.717, 1.165) is 46.8 Å². The fourth-order valence-electron chi connectivity index (χ4n) is 5.35. The van der Waals surface area contributed by atoms with Crippen molar-refractivity contribution in [2.75, 3.05) is 0 Å². The summed E-state index contributed by atoms with van der Waals surface area (Å²) in [7, 11) is 0. The lowest BCUT2D eigenvalue weighted by Gasteiger charge is -2.17. The summed E-state index contributed by atoms with van der Waals surface area (Å²) in [6.07, 6.45) is 6.27. The first-order valence-corrected chi connectivity index (χ1v) is 9.94. The number of aromatic amines is 1. The predicted octanol–water partition coefficient (Wildman–Crippen LogP) is 4.48. The minimum atomic E-state index is -0.410. The van der Waals surface area contributed by atoms with E-state index >= 15 is 0 Å². The number of nitrogens with zero attached hydrogens (tertiary/aromatic N) is 1. The number of carbonyl (C=O) groups is 2. The van der Waals surface area contributed by atoms with Gasteiger partial charge in [-0.05, 0) is 35.6 Å². The van der Waals surface area contributed by atoms with Gasteiger partial charge in [-0.15, -0.1) is 0 Å². The Hall–Kier alpha value is -3.14. The Kier molecular flexibility index (Phi) is 3.22. The summed E-state index contributed by atoms with van der Waals surface area (Å²) in [5.41, 5.74) is 5.56. The van der Waals surface area contributed by atoms with Crippen LogP contribution in [-0.2, 0) is 22.6 Å². The number of aromatic nitrogens is 2. The van der Waals surface area contributed by atoms with Crippen LogP contribution in [0.2, 0.25) is 0 Å². The number of benzene rings is 2. The third-order valence-electron chi connectivity index (χ3n) is 6.52. The standard InChI is InChI=1S/C24H20N2O2/c27-20-11-21(28)23(22(20)17-12-25-19-9-2-1-7-15(17)19)18-13-26-10-4-6-14-5-3-8-16(18)24(14)26/h1-3,5,7-9,12-13,22-23,25H,4,6,10-11H2. The van der Waals surface area contributed by atoms with Crippen LogP contribution in [0.3, 0.4) is 0 Å². The number of hydrogen-bond acceptors (Lipinski definition) is 2. The first-order chi connectivity index (χ1) is 13.7. The number of Topliss-reactive ketones (excluding diaryl/α,β-unsaturated/α-hetero) is 2. The average molecular weight is 368 g/mol. The van der Waals surface area contributed by atoms with Crippen molar-refractivity contribution in [1.29, 1.82) is 0 Å². The highest BCUT2D eigenvalue weighted by Gasteiger charge is 2.45. The van der Waals surface area contributed by atoms with Crippen LogP contribution >= 0.6 is 0 Å². The first-order valence-electron chi connectivity index (χ1n) is 9.94. The third-order valence-corrected chi connectivity index (χ3v) is 6.52. The highest BCUT2D eigenvalue weighted by Crippen LogP contribution is 2.46. The van der Waals surface area contributed by atoms with Crippen LogP contribution in [0, 0.1) is 0 Å². The predicted molar refractivity (Wildman–Crippen MR) is 109 cm³/mol. The van der Waals surface area contributed by atoms with Gasteiger partial charge in [-0.1, -0.05) is 36.4 Å². The van der Waals surface area contributed by atoms with Crippen LogP contribution in [0.4, 0.5) is 0 Å². The van der Waals surface area contributed by atoms with E-state index in [1.165, 1.54) is 11.1 Å². The number of hydrogen-bond donors (Lipinski definition) is 1. The van der Waals surface area contributed by atoms with E-state index in [1.807, 2.05) is 30.5 Å². The van der Waals surface area contributed by atoms with Crippen LogP contribution in [0.15, 0.2) is 54.9 Å². The van der Waals surface area contributed by atoms with E-state index < -0.39 is 11.8 Å². The van der Waals surface area contributed by atoms with Crippen LogP contribution in [0.1, 0.15) is 41.4 Å². The lowest BCUT2D eigenvalue weighted by molar-refractivity contribution is -0.122. The van der Waals surface area contributed by atoms with Gasteiger partial charge in [0, 0.05) is 35.2 Å². The molecule has 0 radical (unpaired) electrons. The molecule has 2 aliphatic rings. The fourth-order valence-corrected chi connectivity index (χ4v) is 5.35. The van der Waals surface area contributed by atoms with Gasteiger partial charge in [0.05, 0.1) is 23.8 Å². The number of ketones is 2. The van der Waals surface area contributed by atoms with Crippen molar-refractivity contribution in [2.45, 2.75) is 37.6 Å². The Balaban J connectivity index is 1.58. The van der Waals surface area contributed by atoms with E-state index in [2.05, 4.69) is 33.9 Å². The molecule has 2 unspecified atom stereocenters. The molecular weight excluding hydrogens is 348 g/mol. The van der Waals surface area contributed by atoms with Crippen molar-refractivity contribution in [3.63, 3.8) is 0 Å². The molecule has 1 saturated carbocycles. The number of nitrogens with one attached hydrogen (secondary N) is 1. The lowest BCUT2D eigenvalue weighted by atomic mass is 9.83. The van der Waals surface area contributed by atoms with E-state index in [4.69, 9.17) is 0 Å². The van der Waals surface area contributed by atoms with Gasteiger partial charge in [0.15, 0.2) is 0 Å². The van der Waals surface area contributed by atoms with Gasteiger partial charge in [-0.25, -0.2) is 0 Å². The zero-order valence-electron chi connectivity index (χ0n) is 15.4. The number of rotatable bonds is 2. The smallest absolute Gasteiger partial charge is 0.148 e. The van der Waals surface area contributed by atoms with E-state index in [-0.39, 0.29) is 18.0 Å². The maximum Gasteiger partial charge on any atom is 0.148 e. The Morgan fingerprint density at radius 3 is 2.57 bits per heavy atom. The zero-order chi connectivity index (χ0) is 18.8. The highest BCUT2D eigenvalue weighted by atomic mass is 16.2.